The van der Waals surface area contributed by atoms with Gasteiger partial charge in [0.05, 0.1) is 21.8 Å². The average molecular weight is 362 g/mol. The van der Waals surface area contributed by atoms with Gasteiger partial charge in [-0.15, -0.1) is 0 Å². The number of benzene rings is 2. The first-order valence-corrected chi connectivity index (χ1v) is 10.4. The van der Waals surface area contributed by atoms with Crippen molar-refractivity contribution in [1.29, 1.82) is 0 Å². The SMILES string of the molecule is c1ccc2c(c1)Sc1cnc3ccccc3c1N2CCN1CCCCC1. The summed E-state index contributed by atoms with van der Waals surface area (Å²) in [6, 6.07) is 17.3. The molecule has 0 radical (unpaired) electrons. The summed E-state index contributed by atoms with van der Waals surface area (Å²) < 4.78 is 0. The molecule has 0 saturated carbocycles. The Morgan fingerprint density at radius 2 is 1.65 bits per heavy atom. The van der Waals surface area contributed by atoms with Gasteiger partial charge in [-0.2, -0.15) is 0 Å². The van der Waals surface area contributed by atoms with Crippen LogP contribution in [0.15, 0.2) is 64.5 Å². The molecule has 0 unspecified atom stereocenters. The van der Waals surface area contributed by atoms with E-state index in [1.807, 2.05) is 18.0 Å². The Bertz CT molecular complexity index is 934. The number of likely N-dealkylation sites (tertiary alicyclic amines) is 1. The van der Waals surface area contributed by atoms with Crippen molar-refractivity contribution >= 4 is 34.0 Å². The first kappa shape index (κ1) is 16.2. The Balaban J connectivity index is 1.57. The molecule has 5 rings (SSSR count). The first-order chi connectivity index (χ1) is 12.9. The van der Waals surface area contributed by atoms with E-state index in [-0.39, 0.29) is 0 Å². The second-order valence-corrected chi connectivity index (χ2v) is 8.20. The van der Waals surface area contributed by atoms with Crippen LogP contribution in [0.3, 0.4) is 0 Å². The van der Waals surface area contributed by atoms with Crippen LogP contribution in [0, 0.1) is 0 Å². The third-order valence-corrected chi connectivity index (χ3v) is 6.53. The number of rotatable bonds is 3. The second-order valence-electron chi connectivity index (χ2n) is 7.11. The Morgan fingerprint density at radius 3 is 2.58 bits per heavy atom. The highest BCUT2D eigenvalue weighted by molar-refractivity contribution is 7.99. The zero-order valence-corrected chi connectivity index (χ0v) is 15.7. The average Bonchev–Trinajstić information content (AvgIpc) is 2.71. The second kappa shape index (κ2) is 6.93. The fourth-order valence-corrected chi connectivity index (χ4v) is 5.21. The number of anilines is 2. The molecule has 1 aromatic heterocycles. The molecule has 0 atom stereocenters. The van der Waals surface area contributed by atoms with E-state index >= 15 is 0 Å². The van der Waals surface area contributed by atoms with Crippen LogP contribution in [-0.4, -0.2) is 36.1 Å². The van der Waals surface area contributed by atoms with Gasteiger partial charge >= 0.3 is 0 Å². The molecule has 2 aliphatic heterocycles. The summed E-state index contributed by atoms with van der Waals surface area (Å²) in [6.45, 7) is 4.63. The zero-order chi connectivity index (χ0) is 17.3. The van der Waals surface area contributed by atoms with E-state index in [2.05, 4.69) is 58.3 Å². The maximum absolute atomic E-state index is 4.69. The van der Waals surface area contributed by atoms with Crippen molar-refractivity contribution in [3.8, 4) is 0 Å². The third kappa shape index (κ3) is 2.87. The molecule has 0 N–H and O–H groups in total. The van der Waals surface area contributed by atoms with Crippen molar-refractivity contribution in [3.63, 3.8) is 0 Å². The maximum atomic E-state index is 4.69. The van der Waals surface area contributed by atoms with Crippen LogP contribution in [0.2, 0.25) is 0 Å². The van der Waals surface area contributed by atoms with E-state index in [1.165, 1.54) is 58.9 Å². The largest absolute Gasteiger partial charge is 0.338 e. The first-order valence-electron chi connectivity index (χ1n) is 9.55. The summed E-state index contributed by atoms with van der Waals surface area (Å²) in [7, 11) is 0. The molecule has 3 nitrogen and oxygen atoms in total. The number of piperidine rings is 1. The van der Waals surface area contributed by atoms with E-state index in [4.69, 9.17) is 4.98 Å². The summed E-state index contributed by atoms with van der Waals surface area (Å²) in [6.07, 6.45) is 6.12. The number of para-hydroxylation sites is 2. The van der Waals surface area contributed by atoms with Gasteiger partial charge in [-0.25, -0.2) is 0 Å². The minimum absolute atomic E-state index is 1.03. The lowest BCUT2D eigenvalue weighted by Gasteiger charge is -2.36. The fourth-order valence-electron chi connectivity index (χ4n) is 4.12. The van der Waals surface area contributed by atoms with Crippen molar-refractivity contribution in [2.24, 2.45) is 0 Å². The monoisotopic (exact) mass is 361 g/mol. The molecule has 2 aromatic carbocycles. The van der Waals surface area contributed by atoms with Gasteiger partial charge in [0.25, 0.3) is 0 Å². The van der Waals surface area contributed by atoms with Crippen LogP contribution < -0.4 is 4.90 Å². The van der Waals surface area contributed by atoms with Gasteiger partial charge in [0, 0.05) is 29.6 Å². The molecule has 0 aliphatic carbocycles. The van der Waals surface area contributed by atoms with Gasteiger partial charge in [-0.3, -0.25) is 4.98 Å². The zero-order valence-electron chi connectivity index (χ0n) is 14.9. The van der Waals surface area contributed by atoms with Crippen molar-refractivity contribution in [2.45, 2.75) is 29.1 Å². The van der Waals surface area contributed by atoms with E-state index in [0.717, 1.165) is 18.6 Å². The topological polar surface area (TPSA) is 19.4 Å². The van der Waals surface area contributed by atoms with Crippen LogP contribution in [-0.2, 0) is 0 Å². The third-order valence-electron chi connectivity index (χ3n) is 5.45. The number of aromatic nitrogens is 1. The Kier molecular flexibility index (Phi) is 4.31. The van der Waals surface area contributed by atoms with E-state index in [1.54, 1.807) is 0 Å². The summed E-state index contributed by atoms with van der Waals surface area (Å²) >= 11 is 1.84. The molecular formula is C22H23N3S. The standard InChI is InChI=1S/C22H23N3S/c1-6-12-24(13-7-1)14-15-25-19-10-4-5-11-20(19)26-21-16-23-18-9-3-2-8-17(18)22(21)25/h2-5,8-11,16H,1,6-7,12-15H2. The molecule has 2 aliphatic rings. The predicted molar refractivity (Wildman–Crippen MR) is 110 cm³/mol. The van der Waals surface area contributed by atoms with E-state index < -0.39 is 0 Å². The van der Waals surface area contributed by atoms with Crippen LogP contribution in [0.4, 0.5) is 11.4 Å². The van der Waals surface area contributed by atoms with Crippen molar-refractivity contribution < 1.29 is 0 Å². The molecule has 26 heavy (non-hydrogen) atoms. The van der Waals surface area contributed by atoms with Crippen molar-refractivity contribution in [2.75, 3.05) is 31.1 Å². The molecule has 3 heterocycles. The van der Waals surface area contributed by atoms with Gasteiger partial charge in [0.2, 0.25) is 0 Å². The smallest absolute Gasteiger partial charge is 0.0723 e. The van der Waals surface area contributed by atoms with Crippen LogP contribution in [0.25, 0.3) is 10.9 Å². The Morgan fingerprint density at radius 1 is 0.846 bits per heavy atom. The molecule has 3 aromatic rings. The minimum atomic E-state index is 1.03. The molecule has 132 valence electrons. The molecule has 1 fully saturated rings. The highest BCUT2D eigenvalue weighted by atomic mass is 32.2. The lowest BCUT2D eigenvalue weighted by molar-refractivity contribution is 0.234. The number of hydrogen-bond donors (Lipinski definition) is 0. The Hall–Kier alpha value is -2.04. The maximum Gasteiger partial charge on any atom is 0.0723 e. The lowest BCUT2D eigenvalue weighted by atomic mass is 10.1. The molecule has 0 bridgehead atoms. The molecule has 1 saturated heterocycles. The van der Waals surface area contributed by atoms with Crippen molar-refractivity contribution in [1.82, 2.24) is 9.88 Å². The lowest BCUT2D eigenvalue weighted by Crippen LogP contribution is -2.37. The summed E-state index contributed by atoms with van der Waals surface area (Å²) in [5.74, 6) is 0. The van der Waals surface area contributed by atoms with E-state index in [0.29, 0.717) is 0 Å². The number of pyridine rings is 1. The summed E-state index contributed by atoms with van der Waals surface area (Å²) in [4.78, 5) is 12.4. The molecule has 0 spiro atoms. The van der Waals surface area contributed by atoms with Gasteiger partial charge < -0.3 is 9.80 Å². The Labute approximate surface area is 159 Å². The molecule has 4 heteroatoms. The minimum Gasteiger partial charge on any atom is -0.338 e. The van der Waals surface area contributed by atoms with Gasteiger partial charge in [-0.1, -0.05) is 48.5 Å². The number of hydrogen-bond acceptors (Lipinski definition) is 4. The van der Waals surface area contributed by atoms with Crippen molar-refractivity contribution in [3.05, 3.63) is 54.7 Å². The van der Waals surface area contributed by atoms with Gasteiger partial charge in [0.1, 0.15) is 0 Å². The predicted octanol–water partition coefficient (Wildman–Crippen LogP) is 5.32. The fraction of sp³-hybridized carbons (Fsp3) is 0.318. The molecule has 0 amide bonds. The van der Waals surface area contributed by atoms with E-state index in [9.17, 15) is 0 Å². The quantitative estimate of drug-likeness (QED) is 0.628. The summed E-state index contributed by atoms with van der Waals surface area (Å²) in [5, 5.41) is 1.26. The van der Waals surface area contributed by atoms with Crippen LogP contribution in [0.1, 0.15) is 19.3 Å². The van der Waals surface area contributed by atoms with Crippen LogP contribution in [0.5, 0.6) is 0 Å². The van der Waals surface area contributed by atoms with Crippen LogP contribution >= 0.6 is 11.8 Å². The summed E-state index contributed by atoms with van der Waals surface area (Å²) in [5.41, 5.74) is 3.74. The number of fused-ring (bicyclic) bond motifs is 4. The van der Waals surface area contributed by atoms with Gasteiger partial charge in [-0.05, 0) is 44.1 Å². The van der Waals surface area contributed by atoms with Gasteiger partial charge in [0.15, 0.2) is 0 Å². The molecular weight excluding hydrogens is 338 g/mol. The highest BCUT2D eigenvalue weighted by Gasteiger charge is 2.26. The highest BCUT2D eigenvalue weighted by Crippen LogP contribution is 2.50. The number of nitrogens with zero attached hydrogens (tertiary/aromatic N) is 3. The normalized spacial score (nSPS) is 17.2.